The van der Waals surface area contributed by atoms with Crippen molar-refractivity contribution >= 4 is 24.8 Å². The van der Waals surface area contributed by atoms with Gasteiger partial charge in [-0.2, -0.15) is 0 Å². The molecule has 1 aliphatic rings. The van der Waals surface area contributed by atoms with E-state index < -0.39 is 8.32 Å². The lowest BCUT2D eigenvalue weighted by Crippen LogP contribution is -2.41. The van der Waals surface area contributed by atoms with Gasteiger partial charge in [-0.25, -0.2) is 0 Å². The highest BCUT2D eigenvalue weighted by molar-refractivity contribution is 6.74. The number of rotatable bonds is 4. The molecule has 2 nitrogen and oxygen atoms in total. The molecule has 0 aliphatic heterocycles. The van der Waals surface area contributed by atoms with Crippen LogP contribution in [0.25, 0.3) is 16.5 Å². The van der Waals surface area contributed by atoms with E-state index in [1.54, 1.807) is 0 Å². The molecule has 1 aromatic heterocycles. The SMILES string of the molecule is CC1=C(C)C(CCO[Si](C)(C)C(C)(C)C)c2c1[nH]c1ccccc21. The summed E-state index contributed by atoms with van der Waals surface area (Å²) in [7, 11) is -1.67. The molecule has 3 heteroatoms. The maximum atomic E-state index is 6.45. The molecule has 0 radical (unpaired) electrons. The lowest BCUT2D eigenvalue weighted by atomic mass is 9.92. The maximum absolute atomic E-state index is 6.45. The summed E-state index contributed by atoms with van der Waals surface area (Å²) in [6.45, 7) is 17.0. The van der Waals surface area contributed by atoms with Gasteiger partial charge in [-0.3, -0.25) is 0 Å². The Hall–Kier alpha value is -1.32. The molecule has 130 valence electrons. The van der Waals surface area contributed by atoms with Crippen LogP contribution in [-0.4, -0.2) is 19.9 Å². The van der Waals surface area contributed by atoms with Crippen molar-refractivity contribution in [3.05, 3.63) is 41.1 Å². The Kier molecular flexibility index (Phi) is 4.29. The molecule has 1 aliphatic carbocycles. The summed E-state index contributed by atoms with van der Waals surface area (Å²) in [4.78, 5) is 3.63. The van der Waals surface area contributed by atoms with Gasteiger partial charge in [-0.05, 0) is 55.6 Å². The van der Waals surface area contributed by atoms with Gasteiger partial charge in [0.2, 0.25) is 0 Å². The second-order valence-electron chi connectivity index (χ2n) is 8.72. The molecule has 1 heterocycles. The second kappa shape index (κ2) is 5.89. The smallest absolute Gasteiger partial charge is 0.191 e. The molecule has 3 rings (SSSR count). The summed E-state index contributed by atoms with van der Waals surface area (Å²) in [5, 5.41) is 1.65. The van der Waals surface area contributed by atoms with Crippen molar-refractivity contribution < 1.29 is 4.43 Å². The van der Waals surface area contributed by atoms with Crippen molar-refractivity contribution in [1.29, 1.82) is 0 Å². The van der Waals surface area contributed by atoms with E-state index in [9.17, 15) is 0 Å². The van der Waals surface area contributed by atoms with Crippen LogP contribution in [0.15, 0.2) is 29.8 Å². The van der Waals surface area contributed by atoms with Gasteiger partial charge in [0, 0.05) is 29.1 Å². The summed E-state index contributed by atoms with van der Waals surface area (Å²) < 4.78 is 6.45. The molecule has 0 amide bonds. The summed E-state index contributed by atoms with van der Waals surface area (Å²) in [5.74, 6) is 0.487. The van der Waals surface area contributed by atoms with Crippen LogP contribution in [0.2, 0.25) is 18.1 Å². The third-order valence-corrected chi connectivity index (χ3v) is 10.8. The van der Waals surface area contributed by atoms with Gasteiger partial charge < -0.3 is 9.41 Å². The number of hydrogen-bond acceptors (Lipinski definition) is 1. The van der Waals surface area contributed by atoms with Crippen molar-refractivity contribution in [2.24, 2.45) is 0 Å². The fourth-order valence-corrected chi connectivity index (χ4v) is 4.57. The third kappa shape index (κ3) is 2.78. The highest BCUT2D eigenvalue weighted by Crippen LogP contribution is 2.47. The zero-order chi connectivity index (χ0) is 17.7. The Morgan fingerprint density at radius 2 is 1.79 bits per heavy atom. The second-order valence-corrected chi connectivity index (χ2v) is 13.5. The van der Waals surface area contributed by atoms with Crippen LogP contribution in [0.5, 0.6) is 0 Å². The topological polar surface area (TPSA) is 25.0 Å². The van der Waals surface area contributed by atoms with Crippen LogP contribution in [0, 0.1) is 0 Å². The lowest BCUT2D eigenvalue weighted by Gasteiger charge is -2.36. The first-order valence-electron chi connectivity index (χ1n) is 9.06. The van der Waals surface area contributed by atoms with Crippen molar-refractivity contribution in [1.82, 2.24) is 4.98 Å². The van der Waals surface area contributed by atoms with E-state index in [4.69, 9.17) is 4.43 Å². The first kappa shape index (κ1) is 17.5. The van der Waals surface area contributed by atoms with Gasteiger partial charge in [0.1, 0.15) is 0 Å². The quantitative estimate of drug-likeness (QED) is 0.633. The van der Waals surface area contributed by atoms with Crippen LogP contribution in [0.3, 0.4) is 0 Å². The van der Waals surface area contributed by atoms with Gasteiger partial charge >= 0.3 is 0 Å². The number of para-hydroxylation sites is 1. The maximum Gasteiger partial charge on any atom is 0.191 e. The molecule has 24 heavy (non-hydrogen) atoms. The zero-order valence-corrected chi connectivity index (χ0v) is 17.2. The van der Waals surface area contributed by atoms with Gasteiger partial charge in [0.15, 0.2) is 8.32 Å². The number of benzene rings is 1. The van der Waals surface area contributed by atoms with Gasteiger partial charge in [-0.15, -0.1) is 0 Å². The molecule has 0 bridgehead atoms. The molecule has 2 aromatic rings. The minimum Gasteiger partial charge on any atom is -0.417 e. The molecule has 0 saturated carbocycles. The normalized spacial score (nSPS) is 18.5. The largest absolute Gasteiger partial charge is 0.417 e. The molecule has 0 spiro atoms. The van der Waals surface area contributed by atoms with E-state index in [0.29, 0.717) is 5.92 Å². The van der Waals surface area contributed by atoms with Crippen molar-refractivity contribution in [2.45, 2.75) is 65.1 Å². The minimum atomic E-state index is -1.67. The van der Waals surface area contributed by atoms with E-state index in [1.165, 1.54) is 33.3 Å². The Morgan fingerprint density at radius 3 is 2.46 bits per heavy atom. The first-order valence-corrected chi connectivity index (χ1v) is 12.0. The van der Waals surface area contributed by atoms with Crippen molar-refractivity contribution in [2.75, 3.05) is 6.61 Å². The Balaban J connectivity index is 1.83. The van der Waals surface area contributed by atoms with E-state index >= 15 is 0 Å². The predicted octanol–water partition coefficient (Wildman–Crippen LogP) is 6.47. The van der Waals surface area contributed by atoms with E-state index in [0.717, 1.165) is 13.0 Å². The molecule has 1 unspecified atom stereocenters. The van der Waals surface area contributed by atoms with Crippen LogP contribution < -0.4 is 0 Å². The number of nitrogens with one attached hydrogen (secondary N) is 1. The van der Waals surface area contributed by atoms with E-state index in [2.05, 4.69) is 77.0 Å². The van der Waals surface area contributed by atoms with E-state index in [1.807, 2.05) is 0 Å². The first-order chi connectivity index (χ1) is 11.1. The highest BCUT2D eigenvalue weighted by atomic mass is 28.4. The summed E-state index contributed by atoms with van der Waals surface area (Å²) in [6, 6.07) is 8.68. The molecule has 1 N–H and O–H groups in total. The predicted molar refractivity (Wildman–Crippen MR) is 107 cm³/mol. The molecule has 1 atom stereocenters. The fourth-order valence-electron chi connectivity index (χ4n) is 3.51. The van der Waals surface area contributed by atoms with Crippen LogP contribution in [0.4, 0.5) is 0 Å². The fraction of sp³-hybridized carbons (Fsp3) is 0.524. The third-order valence-electron chi connectivity index (χ3n) is 6.26. The number of hydrogen-bond donors (Lipinski definition) is 1. The van der Waals surface area contributed by atoms with Crippen LogP contribution in [-0.2, 0) is 4.43 Å². The molecule has 1 aromatic carbocycles. The monoisotopic (exact) mass is 341 g/mol. The van der Waals surface area contributed by atoms with Gasteiger partial charge in [-0.1, -0.05) is 44.5 Å². The Bertz CT molecular complexity index is 792. The number of fused-ring (bicyclic) bond motifs is 3. The summed E-state index contributed by atoms with van der Waals surface area (Å²) in [5.41, 5.74) is 6.99. The van der Waals surface area contributed by atoms with Gasteiger partial charge in [0.25, 0.3) is 0 Å². The van der Waals surface area contributed by atoms with Crippen LogP contribution in [0.1, 0.15) is 58.2 Å². The van der Waals surface area contributed by atoms with Crippen molar-refractivity contribution in [3.63, 3.8) is 0 Å². The average molecular weight is 342 g/mol. The molecular formula is C21H31NOSi. The molecule has 0 fully saturated rings. The number of H-pyrrole nitrogens is 1. The molecular weight excluding hydrogens is 310 g/mol. The lowest BCUT2D eigenvalue weighted by molar-refractivity contribution is 0.276. The molecule has 0 saturated heterocycles. The Labute approximate surface area is 147 Å². The Morgan fingerprint density at radius 1 is 1.12 bits per heavy atom. The van der Waals surface area contributed by atoms with Gasteiger partial charge in [0.05, 0.1) is 0 Å². The van der Waals surface area contributed by atoms with Crippen LogP contribution >= 0.6 is 0 Å². The number of allylic oxidation sites excluding steroid dienone is 2. The van der Waals surface area contributed by atoms with E-state index in [-0.39, 0.29) is 5.04 Å². The summed E-state index contributed by atoms with van der Waals surface area (Å²) in [6.07, 6.45) is 1.07. The number of aromatic nitrogens is 1. The average Bonchev–Trinajstić information content (AvgIpc) is 2.97. The summed E-state index contributed by atoms with van der Waals surface area (Å²) >= 11 is 0. The highest BCUT2D eigenvalue weighted by Gasteiger charge is 2.37. The minimum absolute atomic E-state index is 0.273. The number of aromatic amines is 1. The standard InChI is InChI=1S/C21H31NOSi/c1-14-15(2)20-19(17-10-8-9-11-18(17)22-20)16(14)12-13-23-24(6,7)21(3,4)5/h8-11,16,22H,12-13H2,1-7H3. The zero-order valence-electron chi connectivity index (χ0n) is 16.2. The van der Waals surface area contributed by atoms with Crippen molar-refractivity contribution in [3.8, 4) is 0 Å².